The first-order valence-corrected chi connectivity index (χ1v) is 20.8. The van der Waals surface area contributed by atoms with E-state index in [4.69, 9.17) is 10.5 Å². The van der Waals surface area contributed by atoms with Crippen LogP contribution in [0.4, 0.5) is 0 Å². The van der Waals surface area contributed by atoms with Gasteiger partial charge in [0.05, 0.1) is 0 Å². The van der Waals surface area contributed by atoms with E-state index in [0.29, 0.717) is 32.2 Å². The summed E-state index contributed by atoms with van der Waals surface area (Å²) in [5.41, 5.74) is 5.47. The van der Waals surface area contributed by atoms with Crippen LogP contribution in [0.1, 0.15) is 200 Å². The first-order valence-electron chi connectivity index (χ1n) is 20.8. The molecule has 0 radical (unpaired) electrons. The summed E-state index contributed by atoms with van der Waals surface area (Å²) in [7, 11) is 0. The second kappa shape index (κ2) is 37.8. The van der Waals surface area contributed by atoms with Gasteiger partial charge in [0.15, 0.2) is 0 Å². The van der Waals surface area contributed by atoms with Gasteiger partial charge in [-0.3, -0.25) is 9.59 Å². The number of allylic oxidation sites excluding steroid dienone is 6. The maximum Gasteiger partial charge on any atom is 0.326 e. The van der Waals surface area contributed by atoms with Crippen molar-refractivity contribution in [2.75, 3.05) is 6.54 Å². The predicted molar refractivity (Wildman–Crippen MR) is 211 cm³/mol. The molecule has 0 aromatic carbocycles. The number of aliphatic carboxylic acids is 1. The zero-order chi connectivity index (χ0) is 36.8. The maximum atomic E-state index is 12.7. The van der Waals surface area contributed by atoms with Crippen LogP contribution in [0.25, 0.3) is 0 Å². The fourth-order valence-corrected chi connectivity index (χ4v) is 6.04. The molecule has 290 valence electrons. The Morgan fingerprint density at radius 3 is 1.60 bits per heavy atom. The normalized spacial score (nSPS) is 13.0. The average Bonchev–Trinajstić information content (AvgIpc) is 3.10. The summed E-state index contributed by atoms with van der Waals surface area (Å²) in [6.45, 7) is 4.88. The molecule has 2 atom stereocenters. The number of hydrogen-bond donors (Lipinski definition) is 3. The Morgan fingerprint density at radius 1 is 0.580 bits per heavy atom. The SMILES string of the molecule is CCCCC/C=C\C/C=C\C/C=C\CCCCCCCCC(=O)OC(CCCCCCCC)CCCCCCC(=O)NC(CCCN)C(=O)O. The van der Waals surface area contributed by atoms with Gasteiger partial charge in [-0.1, -0.05) is 134 Å². The summed E-state index contributed by atoms with van der Waals surface area (Å²) in [4.78, 5) is 36.2. The Hall–Kier alpha value is -2.41. The number of carboxylic acids is 1. The van der Waals surface area contributed by atoms with Gasteiger partial charge in [-0.05, 0) is 96.4 Å². The molecule has 0 saturated heterocycles. The molecule has 0 aliphatic carbocycles. The van der Waals surface area contributed by atoms with Gasteiger partial charge < -0.3 is 20.9 Å². The second-order valence-corrected chi connectivity index (χ2v) is 14.1. The second-order valence-electron chi connectivity index (χ2n) is 14.1. The van der Waals surface area contributed by atoms with E-state index < -0.39 is 12.0 Å². The fourth-order valence-electron chi connectivity index (χ4n) is 6.04. The number of amides is 1. The highest BCUT2D eigenvalue weighted by Gasteiger charge is 2.19. The first-order chi connectivity index (χ1) is 24.4. The molecule has 0 saturated carbocycles. The number of carbonyl (C=O) groups is 3. The van der Waals surface area contributed by atoms with Crippen LogP contribution in [-0.4, -0.2) is 41.6 Å². The number of carboxylic acid groups (broad SMARTS) is 1. The lowest BCUT2D eigenvalue weighted by Gasteiger charge is -2.18. The van der Waals surface area contributed by atoms with Crippen LogP contribution in [0.3, 0.4) is 0 Å². The van der Waals surface area contributed by atoms with E-state index >= 15 is 0 Å². The zero-order valence-corrected chi connectivity index (χ0v) is 32.5. The molecule has 0 aliphatic rings. The first kappa shape index (κ1) is 47.6. The van der Waals surface area contributed by atoms with Crippen LogP contribution in [0.15, 0.2) is 36.5 Å². The van der Waals surface area contributed by atoms with E-state index in [1.165, 1.54) is 83.5 Å². The Balaban J connectivity index is 4.14. The standard InChI is InChI=1S/C43H78N2O5/c1-3-5-7-9-11-12-13-14-15-16-17-18-19-20-21-22-23-25-31-37-42(47)50-39(33-28-24-10-8-6-4-2)34-29-26-27-30-36-41(46)45-40(43(48)49)35-32-38-44/h11-12,14-15,17-18,39-40H,3-10,13,16,19-38,44H2,1-2H3,(H,45,46)(H,48,49)/b12-11-,15-14-,18-17-. The quantitative estimate of drug-likeness (QED) is 0.0337. The molecule has 0 bridgehead atoms. The predicted octanol–water partition coefficient (Wildman–Crippen LogP) is 11.4. The number of hydrogen-bond acceptors (Lipinski definition) is 5. The molecular weight excluding hydrogens is 624 g/mol. The van der Waals surface area contributed by atoms with Gasteiger partial charge >= 0.3 is 11.9 Å². The third-order valence-electron chi connectivity index (χ3n) is 9.21. The van der Waals surface area contributed by atoms with E-state index in [-0.39, 0.29) is 18.0 Å². The van der Waals surface area contributed by atoms with Gasteiger partial charge in [0.2, 0.25) is 5.91 Å². The molecular formula is C43H78N2O5. The summed E-state index contributed by atoms with van der Waals surface area (Å²) in [6.07, 6.45) is 43.3. The molecule has 0 spiro atoms. The zero-order valence-electron chi connectivity index (χ0n) is 32.5. The van der Waals surface area contributed by atoms with Gasteiger partial charge in [0, 0.05) is 12.8 Å². The summed E-state index contributed by atoms with van der Waals surface area (Å²) in [5.74, 6) is -1.28. The van der Waals surface area contributed by atoms with Crippen molar-refractivity contribution in [2.45, 2.75) is 212 Å². The summed E-state index contributed by atoms with van der Waals surface area (Å²) >= 11 is 0. The molecule has 0 aromatic rings. The third-order valence-corrected chi connectivity index (χ3v) is 9.21. The highest BCUT2D eigenvalue weighted by Crippen LogP contribution is 2.18. The van der Waals surface area contributed by atoms with Crippen LogP contribution in [0.5, 0.6) is 0 Å². The number of esters is 1. The number of carbonyl (C=O) groups excluding carboxylic acids is 2. The topological polar surface area (TPSA) is 119 Å². The number of nitrogens with two attached hydrogens (primary N) is 1. The Bertz CT molecular complexity index is 885. The molecule has 4 N–H and O–H groups in total. The summed E-state index contributed by atoms with van der Waals surface area (Å²) in [5, 5.41) is 11.9. The molecule has 0 aliphatic heterocycles. The molecule has 1 amide bonds. The number of unbranched alkanes of at least 4 members (excludes halogenated alkanes) is 17. The Morgan fingerprint density at radius 2 is 1.04 bits per heavy atom. The number of ether oxygens (including phenoxy) is 1. The van der Waals surface area contributed by atoms with Gasteiger partial charge in [-0.25, -0.2) is 4.79 Å². The highest BCUT2D eigenvalue weighted by atomic mass is 16.5. The van der Waals surface area contributed by atoms with Crippen molar-refractivity contribution >= 4 is 17.8 Å². The minimum absolute atomic E-state index is 0.0171. The molecule has 7 nitrogen and oxygen atoms in total. The van der Waals surface area contributed by atoms with E-state index in [9.17, 15) is 19.5 Å². The molecule has 2 unspecified atom stereocenters. The molecule has 0 rings (SSSR count). The van der Waals surface area contributed by atoms with Crippen molar-refractivity contribution in [1.82, 2.24) is 5.32 Å². The van der Waals surface area contributed by atoms with Crippen molar-refractivity contribution in [2.24, 2.45) is 5.73 Å². The van der Waals surface area contributed by atoms with E-state index in [0.717, 1.165) is 77.0 Å². The van der Waals surface area contributed by atoms with Crippen LogP contribution in [0, 0.1) is 0 Å². The van der Waals surface area contributed by atoms with Crippen LogP contribution in [-0.2, 0) is 19.1 Å². The van der Waals surface area contributed by atoms with Crippen molar-refractivity contribution in [3.63, 3.8) is 0 Å². The van der Waals surface area contributed by atoms with Crippen LogP contribution in [0.2, 0.25) is 0 Å². The molecule has 7 heteroatoms. The van der Waals surface area contributed by atoms with Crippen molar-refractivity contribution in [3.8, 4) is 0 Å². The van der Waals surface area contributed by atoms with Gasteiger partial charge in [0.1, 0.15) is 12.1 Å². The molecule has 50 heavy (non-hydrogen) atoms. The monoisotopic (exact) mass is 703 g/mol. The Kier molecular flexibility index (Phi) is 36.0. The summed E-state index contributed by atoms with van der Waals surface area (Å²) in [6, 6.07) is -0.864. The smallest absolute Gasteiger partial charge is 0.326 e. The third kappa shape index (κ3) is 34.1. The lowest BCUT2D eigenvalue weighted by Crippen LogP contribution is -2.40. The van der Waals surface area contributed by atoms with Crippen LogP contribution < -0.4 is 11.1 Å². The van der Waals surface area contributed by atoms with Gasteiger partial charge in [0.25, 0.3) is 0 Å². The molecule has 0 aromatic heterocycles. The Labute approximate surface area is 307 Å². The highest BCUT2D eigenvalue weighted by molar-refractivity contribution is 5.83. The average molecular weight is 703 g/mol. The maximum absolute atomic E-state index is 12.7. The van der Waals surface area contributed by atoms with Gasteiger partial charge in [-0.15, -0.1) is 0 Å². The minimum atomic E-state index is -1.01. The number of nitrogens with one attached hydrogen (secondary N) is 1. The van der Waals surface area contributed by atoms with E-state index in [1.54, 1.807) is 0 Å². The van der Waals surface area contributed by atoms with Crippen molar-refractivity contribution in [3.05, 3.63) is 36.5 Å². The lowest BCUT2D eigenvalue weighted by molar-refractivity contribution is -0.150. The minimum Gasteiger partial charge on any atom is -0.480 e. The van der Waals surface area contributed by atoms with E-state index in [2.05, 4.69) is 55.6 Å². The van der Waals surface area contributed by atoms with E-state index in [1.807, 2.05) is 0 Å². The summed E-state index contributed by atoms with van der Waals surface area (Å²) < 4.78 is 5.98. The fraction of sp³-hybridized carbons (Fsp3) is 0.791. The van der Waals surface area contributed by atoms with Crippen molar-refractivity contribution < 1.29 is 24.2 Å². The number of rotatable bonds is 37. The van der Waals surface area contributed by atoms with Crippen LogP contribution >= 0.6 is 0 Å². The van der Waals surface area contributed by atoms with Gasteiger partial charge in [-0.2, -0.15) is 0 Å². The lowest BCUT2D eigenvalue weighted by atomic mass is 10.0. The van der Waals surface area contributed by atoms with Crippen molar-refractivity contribution in [1.29, 1.82) is 0 Å². The molecule has 0 heterocycles. The molecule has 0 fully saturated rings. The largest absolute Gasteiger partial charge is 0.480 e.